The summed E-state index contributed by atoms with van der Waals surface area (Å²) < 4.78 is 22.6. The average Bonchev–Trinajstić information content (AvgIpc) is 3.35. The summed E-state index contributed by atoms with van der Waals surface area (Å²) in [6.07, 6.45) is 71.0. The van der Waals surface area contributed by atoms with Crippen molar-refractivity contribution in [1.29, 1.82) is 0 Å². The Kier molecular flexibility index (Phi) is 49.8. The number of carbonyl (C=O) groups excluding carboxylic acids is 3. The van der Waals surface area contributed by atoms with Crippen LogP contribution in [0.1, 0.15) is 200 Å². The normalized spacial score (nSPS) is 13.7. The van der Waals surface area contributed by atoms with Gasteiger partial charge in [0.1, 0.15) is 13.2 Å². The summed E-state index contributed by atoms with van der Waals surface area (Å²) in [5, 5.41) is 11.8. The summed E-state index contributed by atoms with van der Waals surface area (Å²) >= 11 is 0. The molecule has 0 N–H and O–H groups in total. The lowest BCUT2D eigenvalue weighted by Crippen LogP contribution is -2.44. The maximum atomic E-state index is 12.8. The van der Waals surface area contributed by atoms with E-state index in [4.69, 9.17) is 18.9 Å². The molecule has 0 heterocycles. The summed E-state index contributed by atoms with van der Waals surface area (Å²) in [7, 11) is 5.90. The highest BCUT2D eigenvalue weighted by molar-refractivity contribution is 5.70. The molecule has 72 heavy (non-hydrogen) atoms. The number of ether oxygens (including phenoxy) is 4. The first-order chi connectivity index (χ1) is 35.1. The minimum Gasteiger partial charge on any atom is -0.545 e. The van der Waals surface area contributed by atoms with Gasteiger partial charge < -0.3 is 33.3 Å². The van der Waals surface area contributed by atoms with Crippen LogP contribution >= 0.6 is 0 Å². The van der Waals surface area contributed by atoms with Gasteiger partial charge in [-0.3, -0.25) is 9.59 Å². The van der Waals surface area contributed by atoms with E-state index in [0.29, 0.717) is 23.9 Å². The second-order valence-electron chi connectivity index (χ2n) is 19.5. The van der Waals surface area contributed by atoms with Gasteiger partial charge >= 0.3 is 11.9 Å². The van der Waals surface area contributed by atoms with Crippen molar-refractivity contribution >= 4 is 17.9 Å². The van der Waals surface area contributed by atoms with Crippen LogP contribution in [0.2, 0.25) is 0 Å². The van der Waals surface area contributed by atoms with Crippen molar-refractivity contribution in [3.8, 4) is 0 Å². The van der Waals surface area contributed by atoms with Crippen molar-refractivity contribution in [2.24, 2.45) is 0 Å². The summed E-state index contributed by atoms with van der Waals surface area (Å²) in [5.41, 5.74) is 0. The molecule has 0 saturated heterocycles. The van der Waals surface area contributed by atoms with E-state index in [1.807, 2.05) is 21.1 Å². The quantitative estimate of drug-likeness (QED) is 0.0195. The lowest BCUT2D eigenvalue weighted by molar-refractivity contribution is -0.870. The van der Waals surface area contributed by atoms with Crippen molar-refractivity contribution < 1.29 is 42.9 Å². The Hall–Kier alpha value is -4.31. The van der Waals surface area contributed by atoms with Crippen LogP contribution < -0.4 is 5.11 Å². The first kappa shape index (κ1) is 67.7. The molecule has 0 aliphatic carbocycles. The van der Waals surface area contributed by atoms with E-state index in [1.165, 1.54) is 38.5 Å². The zero-order chi connectivity index (χ0) is 52.7. The molecule has 0 aromatic rings. The van der Waals surface area contributed by atoms with Gasteiger partial charge in [0, 0.05) is 12.8 Å². The maximum Gasteiger partial charge on any atom is 0.306 e. The number of nitrogens with zero attached hydrogens (tertiary/aromatic N) is 1. The Labute approximate surface area is 440 Å². The van der Waals surface area contributed by atoms with Crippen LogP contribution in [-0.2, 0) is 33.3 Å². The fourth-order valence-corrected chi connectivity index (χ4v) is 7.10. The van der Waals surface area contributed by atoms with Gasteiger partial charge in [0.2, 0.25) is 0 Å². The van der Waals surface area contributed by atoms with Gasteiger partial charge in [-0.05, 0) is 103 Å². The molecule has 0 saturated carbocycles. The highest BCUT2D eigenvalue weighted by atomic mass is 16.7. The molecule has 9 nitrogen and oxygen atoms in total. The number of hydrogen-bond donors (Lipinski definition) is 0. The maximum absolute atomic E-state index is 12.8. The monoisotopic (exact) mass is 1000 g/mol. The van der Waals surface area contributed by atoms with Crippen LogP contribution in [-0.4, -0.2) is 82.3 Å². The topological polar surface area (TPSA) is 111 Å². The molecule has 9 heteroatoms. The van der Waals surface area contributed by atoms with Crippen LogP contribution in [0.5, 0.6) is 0 Å². The average molecular weight is 1000 g/mol. The number of carboxylic acid groups (broad SMARTS) is 1. The van der Waals surface area contributed by atoms with Gasteiger partial charge in [-0.2, -0.15) is 0 Å². The second-order valence-corrected chi connectivity index (χ2v) is 19.5. The van der Waals surface area contributed by atoms with E-state index in [0.717, 1.165) is 122 Å². The van der Waals surface area contributed by atoms with Crippen molar-refractivity contribution in [3.63, 3.8) is 0 Å². The molecule has 0 bridgehead atoms. The van der Waals surface area contributed by atoms with E-state index in [9.17, 15) is 19.5 Å². The number of likely N-dealkylation sites (N-methyl/N-ethyl adjacent to an activating group) is 1. The van der Waals surface area contributed by atoms with Crippen molar-refractivity contribution in [2.75, 3.05) is 47.5 Å². The molecular formula is C63H103NO8. The fourth-order valence-electron chi connectivity index (χ4n) is 7.10. The predicted molar refractivity (Wildman–Crippen MR) is 301 cm³/mol. The predicted octanol–water partition coefficient (Wildman–Crippen LogP) is 15.2. The number of esters is 2. The number of carboxylic acids is 1. The number of carbonyl (C=O) groups is 3. The zero-order valence-corrected chi connectivity index (χ0v) is 46.2. The Balaban J connectivity index is 4.26. The Morgan fingerprint density at radius 2 is 0.792 bits per heavy atom. The smallest absolute Gasteiger partial charge is 0.306 e. The number of hydrogen-bond acceptors (Lipinski definition) is 8. The van der Waals surface area contributed by atoms with Gasteiger partial charge in [0.05, 0.1) is 40.3 Å². The summed E-state index contributed by atoms with van der Waals surface area (Å²) in [4.78, 5) is 37.2. The first-order valence-electron chi connectivity index (χ1n) is 28.2. The van der Waals surface area contributed by atoms with E-state index < -0.39 is 24.3 Å². The van der Waals surface area contributed by atoms with Crippen LogP contribution in [0.3, 0.4) is 0 Å². The SMILES string of the molecule is CC/C=C\C/C=C\C/C=C\C/C=C\C/C=C\C/C=C\C/C=C\C/C=C\CCCCCCCCCCC(=O)OC(COC(=O)CCCCCCC/C=C\C/C=C\CCCC)COC(OCC[N+](C)(C)C)C(=O)[O-]. The van der Waals surface area contributed by atoms with Crippen LogP contribution in [0.4, 0.5) is 0 Å². The molecule has 408 valence electrons. The number of unbranched alkanes of at least 4 members (excludes halogenated alkanes) is 15. The summed E-state index contributed by atoms with van der Waals surface area (Å²) in [5.74, 6) is -2.33. The van der Waals surface area contributed by atoms with Crippen molar-refractivity contribution in [3.05, 3.63) is 122 Å². The van der Waals surface area contributed by atoms with Crippen molar-refractivity contribution in [2.45, 2.75) is 212 Å². The third kappa shape index (κ3) is 53.5. The molecule has 0 spiro atoms. The molecule has 0 aromatic heterocycles. The van der Waals surface area contributed by atoms with Gasteiger partial charge in [-0.25, -0.2) is 0 Å². The van der Waals surface area contributed by atoms with Crippen LogP contribution in [0, 0.1) is 0 Å². The third-order valence-electron chi connectivity index (χ3n) is 11.4. The molecule has 2 atom stereocenters. The number of aliphatic carboxylic acids is 1. The highest BCUT2D eigenvalue weighted by Crippen LogP contribution is 2.14. The van der Waals surface area contributed by atoms with Gasteiger partial charge in [-0.15, -0.1) is 0 Å². The van der Waals surface area contributed by atoms with Gasteiger partial charge in [-0.1, -0.05) is 206 Å². The zero-order valence-electron chi connectivity index (χ0n) is 46.2. The molecule has 2 unspecified atom stereocenters. The minimum absolute atomic E-state index is 0.137. The summed E-state index contributed by atoms with van der Waals surface area (Å²) in [6.45, 7) is 4.54. The third-order valence-corrected chi connectivity index (χ3v) is 11.4. The lowest BCUT2D eigenvalue weighted by atomic mass is 10.1. The first-order valence-corrected chi connectivity index (χ1v) is 28.2. The molecule has 0 radical (unpaired) electrons. The number of rotatable bonds is 50. The van der Waals surface area contributed by atoms with Gasteiger partial charge in [0.25, 0.3) is 0 Å². The Morgan fingerprint density at radius 3 is 1.18 bits per heavy atom. The fraction of sp³-hybridized carbons (Fsp3) is 0.635. The van der Waals surface area contributed by atoms with Crippen LogP contribution in [0.25, 0.3) is 0 Å². The van der Waals surface area contributed by atoms with Gasteiger partial charge in [0.15, 0.2) is 12.4 Å². The lowest BCUT2D eigenvalue weighted by Gasteiger charge is -2.26. The molecule has 0 fully saturated rings. The molecular weight excluding hydrogens is 899 g/mol. The minimum atomic E-state index is -1.63. The molecule has 0 rings (SSSR count). The van der Waals surface area contributed by atoms with E-state index in [-0.39, 0.29) is 38.6 Å². The van der Waals surface area contributed by atoms with E-state index >= 15 is 0 Å². The van der Waals surface area contributed by atoms with E-state index in [1.54, 1.807) is 0 Å². The molecule has 0 amide bonds. The van der Waals surface area contributed by atoms with Crippen LogP contribution in [0.15, 0.2) is 122 Å². The largest absolute Gasteiger partial charge is 0.545 e. The Morgan fingerprint density at radius 1 is 0.431 bits per heavy atom. The summed E-state index contributed by atoms with van der Waals surface area (Å²) in [6, 6.07) is 0. The highest BCUT2D eigenvalue weighted by Gasteiger charge is 2.22. The number of quaternary nitrogens is 1. The Bertz CT molecular complexity index is 1590. The molecule has 0 aliphatic heterocycles. The molecule has 0 aromatic carbocycles. The number of allylic oxidation sites excluding steroid dienone is 20. The molecule has 0 aliphatic rings. The standard InChI is InChI=1S/C63H103NO8/c1-6-8-10-12-14-16-18-20-22-23-24-25-26-27-28-29-30-31-32-33-34-35-36-37-38-39-40-42-44-46-48-50-52-54-61(66)72-59(58-71-63(62(67)68)69-56-55-64(3,4)5)57-70-60(65)53-51-49-47-45-43-41-21-19-17-15-13-11-9-7-2/h8,10,13-16,19-22,24-25,27-28,30-31,33-34,36-37,59,63H,6-7,9,11-12,17-18,23,26,29,32,35,38-58H2,1-5H3/b10-8-,15-13-,16-14-,21-19-,22-20-,25-24-,28-27-,31-30-,34-33-,37-36-. The van der Waals surface area contributed by atoms with E-state index in [2.05, 4.69) is 135 Å². The van der Waals surface area contributed by atoms with Crippen molar-refractivity contribution in [1.82, 2.24) is 0 Å². The second kappa shape index (κ2) is 53.0.